The molecule has 3 rings (SSSR count). The molecule has 0 N–H and O–H groups in total. The highest BCUT2D eigenvalue weighted by Crippen LogP contribution is 2.23. The minimum absolute atomic E-state index is 0.263. The second-order valence-electron chi connectivity index (χ2n) is 6.22. The second-order valence-corrected chi connectivity index (χ2v) is 7.17. The Balaban J connectivity index is 1.58. The van der Waals surface area contributed by atoms with E-state index < -0.39 is 0 Å². The molecule has 3 heterocycles. The first kappa shape index (κ1) is 15.9. The van der Waals surface area contributed by atoms with E-state index in [1.54, 1.807) is 11.3 Å². The van der Waals surface area contributed by atoms with E-state index in [-0.39, 0.29) is 5.91 Å². The standard InChI is InChI=1S/C17H22N4OS/c1-13(2)12-17(22)21-9-7-20(8-10-21)16-6-5-14(18-19-16)15-4-3-11-23-15/h3-6,11,13H,7-10,12H2,1-2H3. The Bertz CT molecular complexity index is 631. The van der Waals surface area contributed by atoms with Gasteiger partial charge in [-0.3, -0.25) is 4.79 Å². The van der Waals surface area contributed by atoms with Crippen molar-refractivity contribution >= 4 is 23.1 Å². The number of amides is 1. The van der Waals surface area contributed by atoms with Gasteiger partial charge in [-0.2, -0.15) is 0 Å². The number of thiophene rings is 1. The van der Waals surface area contributed by atoms with Crippen molar-refractivity contribution in [1.29, 1.82) is 0 Å². The Kier molecular flexibility index (Phi) is 4.91. The van der Waals surface area contributed by atoms with Crippen LogP contribution in [-0.2, 0) is 4.79 Å². The number of carbonyl (C=O) groups is 1. The second kappa shape index (κ2) is 7.08. The van der Waals surface area contributed by atoms with E-state index in [1.807, 2.05) is 34.5 Å². The highest BCUT2D eigenvalue weighted by molar-refractivity contribution is 7.13. The summed E-state index contributed by atoms with van der Waals surface area (Å²) in [6.07, 6.45) is 0.634. The number of hydrogen-bond donors (Lipinski definition) is 0. The average Bonchev–Trinajstić information content (AvgIpc) is 3.09. The van der Waals surface area contributed by atoms with Crippen molar-refractivity contribution in [1.82, 2.24) is 15.1 Å². The number of piperazine rings is 1. The van der Waals surface area contributed by atoms with Gasteiger partial charge in [0.05, 0.1) is 4.88 Å². The van der Waals surface area contributed by atoms with Crippen molar-refractivity contribution in [2.45, 2.75) is 20.3 Å². The predicted octanol–water partition coefficient (Wildman–Crippen LogP) is 2.90. The van der Waals surface area contributed by atoms with Crippen LogP contribution in [0.15, 0.2) is 29.6 Å². The van der Waals surface area contributed by atoms with Crippen LogP contribution in [-0.4, -0.2) is 47.2 Å². The first-order valence-electron chi connectivity index (χ1n) is 8.04. The molecule has 0 radical (unpaired) electrons. The summed E-state index contributed by atoms with van der Waals surface area (Å²) in [6, 6.07) is 8.11. The van der Waals surface area contributed by atoms with Crippen LogP contribution in [0.1, 0.15) is 20.3 Å². The third-order valence-corrected chi connectivity index (χ3v) is 4.86. The zero-order valence-corrected chi connectivity index (χ0v) is 14.4. The first-order valence-corrected chi connectivity index (χ1v) is 8.92. The minimum Gasteiger partial charge on any atom is -0.352 e. The zero-order chi connectivity index (χ0) is 16.2. The summed E-state index contributed by atoms with van der Waals surface area (Å²) in [6.45, 7) is 7.32. The van der Waals surface area contributed by atoms with Gasteiger partial charge < -0.3 is 9.80 Å². The van der Waals surface area contributed by atoms with Crippen molar-refractivity contribution in [2.75, 3.05) is 31.1 Å². The SMILES string of the molecule is CC(C)CC(=O)N1CCN(c2ccc(-c3cccs3)nn2)CC1. The van der Waals surface area contributed by atoms with E-state index in [1.165, 1.54) is 0 Å². The lowest BCUT2D eigenvalue weighted by molar-refractivity contribution is -0.132. The highest BCUT2D eigenvalue weighted by Gasteiger charge is 2.22. The number of nitrogens with zero attached hydrogens (tertiary/aromatic N) is 4. The molecule has 0 atom stereocenters. The fourth-order valence-corrected chi connectivity index (χ4v) is 3.40. The van der Waals surface area contributed by atoms with Crippen LogP contribution < -0.4 is 4.90 Å². The van der Waals surface area contributed by atoms with E-state index in [9.17, 15) is 4.79 Å². The van der Waals surface area contributed by atoms with Gasteiger partial charge in [0.25, 0.3) is 0 Å². The number of carbonyl (C=O) groups excluding carboxylic acids is 1. The normalized spacial score (nSPS) is 15.3. The van der Waals surface area contributed by atoms with Crippen LogP contribution in [0.25, 0.3) is 10.6 Å². The number of rotatable bonds is 4. The van der Waals surface area contributed by atoms with Crippen LogP contribution in [0.5, 0.6) is 0 Å². The maximum Gasteiger partial charge on any atom is 0.222 e. The molecule has 23 heavy (non-hydrogen) atoms. The molecule has 5 nitrogen and oxygen atoms in total. The molecule has 0 aromatic carbocycles. The number of hydrogen-bond acceptors (Lipinski definition) is 5. The summed E-state index contributed by atoms with van der Waals surface area (Å²) in [5, 5.41) is 10.7. The van der Waals surface area contributed by atoms with E-state index in [0.717, 1.165) is 42.6 Å². The molecule has 0 unspecified atom stereocenters. The molecule has 1 aliphatic heterocycles. The first-order chi connectivity index (χ1) is 11.1. The average molecular weight is 330 g/mol. The van der Waals surface area contributed by atoms with Gasteiger partial charge in [-0.15, -0.1) is 21.5 Å². The Hall–Kier alpha value is -1.95. The van der Waals surface area contributed by atoms with Crippen molar-refractivity contribution in [3.8, 4) is 10.6 Å². The van der Waals surface area contributed by atoms with Crippen molar-refractivity contribution < 1.29 is 4.79 Å². The topological polar surface area (TPSA) is 49.3 Å². The van der Waals surface area contributed by atoms with Gasteiger partial charge >= 0.3 is 0 Å². The van der Waals surface area contributed by atoms with Gasteiger partial charge in [-0.05, 0) is 29.5 Å². The molecule has 1 fully saturated rings. The van der Waals surface area contributed by atoms with Gasteiger partial charge in [0, 0.05) is 32.6 Å². The lowest BCUT2D eigenvalue weighted by atomic mass is 10.1. The van der Waals surface area contributed by atoms with Crippen LogP contribution >= 0.6 is 11.3 Å². The molecule has 1 amide bonds. The van der Waals surface area contributed by atoms with E-state index >= 15 is 0 Å². The molecule has 0 spiro atoms. The molecular formula is C17H22N4OS. The van der Waals surface area contributed by atoms with Gasteiger partial charge in [0.1, 0.15) is 5.69 Å². The van der Waals surface area contributed by atoms with Crippen molar-refractivity contribution in [2.24, 2.45) is 5.92 Å². The van der Waals surface area contributed by atoms with Crippen LogP contribution in [0.4, 0.5) is 5.82 Å². The lowest BCUT2D eigenvalue weighted by Crippen LogP contribution is -2.49. The number of anilines is 1. The van der Waals surface area contributed by atoms with Crippen molar-refractivity contribution in [3.05, 3.63) is 29.6 Å². The Morgan fingerprint density at radius 2 is 1.96 bits per heavy atom. The quantitative estimate of drug-likeness (QED) is 0.865. The summed E-state index contributed by atoms with van der Waals surface area (Å²) in [7, 11) is 0. The molecule has 0 bridgehead atoms. The number of aromatic nitrogens is 2. The minimum atomic E-state index is 0.263. The monoisotopic (exact) mass is 330 g/mol. The predicted molar refractivity (Wildman–Crippen MR) is 93.6 cm³/mol. The third-order valence-electron chi connectivity index (χ3n) is 3.96. The van der Waals surface area contributed by atoms with E-state index in [2.05, 4.69) is 28.9 Å². The van der Waals surface area contributed by atoms with Gasteiger partial charge in [0.15, 0.2) is 5.82 Å². The molecule has 1 aliphatic rings. The Morgan fingerprint density at radius 1 is 1.17 bits per heavy atom. The summed E-state index contributed by atoms with van der Waals surface area (Å²) < 4.78 is 0. The maximum absolute atomic E-state index is 12.1. The van der Waals surface area contributed by atoms with E-state index in [4.69, 9.17) is 0 Å². The Morgan fingerprint density at radius 3 is 2.52 bits per heavy atom. The molecule has 6 heteroatoms. The van der Waals surface area contributed by atoms with Gasteiger partial charge in [-0.25, -0.2) is 0 Å². The van der Waals surface area contributed by atoms with Gasteiger partial charge in [0.2, 0.25) is 5.91 Å². The molecule has 122 valence electrons. The fourth-order valence-electron chi connectivity index (χ4n) is 2.71. The van der Waals surface area contributed by atoms with E-state index in [0.29, 0.717) is 12.3 Å². The van der Waals surface area contributed by atoms with Crippen molar-refractivity contribution in [3.63, 3.8) is 0 Å². The van der Waals surface area contributed by atoms with Crippen LogP contribution in [0, 0.1) is 5.92 Å². The zero-order valence-electron chi connectivity index (χ0n) is 13.6. The van der Waals surface area contributed by atoms with Crippen LogP contribution in [0.2, 0.25) is 0 Å². The molecule has 0 aliphatic carbocycles. The largest absolute Gasteiger partial charge is 0.352 e. The van der Waals surface area contributed by atoms with Gasteiger partial charge in [-0.1, -0.05) is 19.9 Å². The lowest BCUT2D eigenvalue weighted by Gasteiger charge is -2.35. The smallest absolute Gasteiger partial charge is 0.222 e. The Labute approximate surface area is 140 Å². The molecule has 2 aromatic rings. The third kappa shape index (κ3) is 3.88. The fraction of sp³-hybridized carbons (Fsp3) is 0.471. The molecule has 2 aromatic heterocycles. The van der Waals surface area contributed by atoms with Crippen LogP contribution in [0.3, 0.4) is 0 Å². The molecule has 1 saturated heterocycles. The molecular weight excluding hydrogens is 308 g/mol. The highest BCUT2D eigenvalue weighted by atomic mass is 32.1. The summed E-state index contributed by atoms with van der Waals surface area (Å²) in [5.41, 5.74) is 0.912. The summed E-state index contributed by atoms with van der Waals surface area (Å²) in [5.74, 6) is 1.57. The molecule has 0 saturated carbocycles. The summed E-state index contributed by atoms with van der Waals surface area (Å²) >= 11 is 1.67. The summed E-state index contributed by atoms with van der Waals surface area (Å²) in [4.78, 5) is 17.4. The maximum atomic E-state index is 12.1.